The standard InChI is InChI=1S/C15H20N2O3/c1-14(2,3)20-13(18)17-9-6-15(12(10-17)19-15)11-4-7-16-8-5-11/h4-5,7-8,12H,6,9-10H2,1-3H3/t12-,15+/m0/s1. The van der Waals surface area contributed by atoms with Gasteiger partial charge in [0.1, 0.15) is 17.3 Å². The Morgan fingerprint density at radius 3 is 2.75 bits per heavy atom. The molecule has 5 nitrogen and oxygen atoms in total. The van der Waals surface area contributed by atoms with E-state index < -0.39 is 5.60 Å². The predicted octanol–water partition coefficient (Wildman–Crippen LogP) is 2.32. The Labute approximate surface area is 118 Å². The molecule has 1 amide bonds. The number of fused-ring (bicyclic) bond motifs is 1. The molecule has 108 valence electrons. The van der Waals surface area contributed by atoms with E-state index in [4.69, 9.17) is 9.47 Å². The molecule has 2 aliphatic heterocycles. The van der Waals surface area contributed by atoms with Crippen LogP contribution in [-0.2, 0) is 15.1 Å². The summed E-state index contributed by atoms with van der Waals surface area (Å²) in [5.41, 5.74) is 0.490. The molecule has 0 spiro atoms. The van der Waals surface area contributed by atoms with Gasteiger partial charge in [-0.05, 0) is 38.5 Å². The summed E-state index contributed by atoms with van der Waals surface area (Å²) < 4.78 is 11.3. The van der Waals surface area contributed by atoms with Crippen molar-refractivity contribution in [1.29, 1.82) is 0 Å². The lowest BCUT2D eigenvalue weighted by molar-refractivity contribution is 0.0217. The summed E-state index contributed by atoms with van der Waals surface area (Å²) in [4.78, 5) is 17.8. The van der Waals surface area contributed by atoms with Crippen molar-refractivity contribution >= 4 is 6.09 Å². The van der Waals surface area contributed by atoms with Crippen molar-refractivity contribution in [3.05, 3.63) is 30.1 Å². The lowest BCUT2D eigenvalue weighted by atomic mass is 9.90. The lowest BCUT2D eigenvalue weighted by Gasteiger charge is -2.31. The number of pyridine rings is 1. The molecule has 20 heavy (non-hydrogen) atoms. The maximum absolute atomic E-state index is 12.1. The van der Waals surface area contributed by atoms with Crippen molar-refractivity contribution in [2.75, 3.05) is 13.1 Å². The number of rotatable bonds is 1. The highest BCUT2D eigenvalue weighted by atomic mass is 16.6. The van der Waals surface area contributed by atoms with Gasteiger partial charge >= 0.3 is 6.09 Å². The van der Waals surface area contributed by atoms with Crippen LogP contribution in [0.2, 0.25) is 0 Å². The van der Waals surface area contributed by atoms with E-state index in [-0.39, 0.29) is 17.8 Å². The van der Waals surface area contributed by atoms with Gasteiger partial charge in [-0.15, -0.1) is 0 Å². The first-order valence-electron chi connectivity index (χ1n) is 6.97. The van der Waals surface area contributed by atoms with Crippen molar-refractivity contribution in [3.63, 3.8) is 0 Å². The molecule has 3 heterocycles. The minimum atomic E-state index is -0.457. The fraction of sp³-hybridized carbons (Fsp3) is 0.600. The van der Waals surface area contributed by atoms with Crippen LogP contribution in [0.15, 0.2) is 24.5 Å². The van der Waals surface area contributed by atoms with Gasteiger partial charge in [0.25, 0.3) is 0 Å². The summed E-state index contributed by atoms with van der Waals surface area (Å²) in [7, 11) is 0. The van der Waals surface area contributed by atoms with E-state index in [9.17, 15) is 4.79 Å². The average molecular weight is 276 g/mol. The smallest absolute Gasteiger partial charge is 0.410 e. The normalized spacial score (nSPS) is 28.8. The van der Waals surface area contributed by atoms with Gasteiger partial charge < -0.3 is 14.4 Å². The first-order chi connectivity index (χ1) is 9.41. The summed E-state index contributed by atoms with van der Waals surface area (Å²) in [6, 6.07) is 3.98. The van der Waals surface area contributed by atoms with Crippen LogP contribution in [-0.4, -0.2) is 40.8 Å². The van der Waals surface area contributed by atoms with Crippen LogP contribution < -0.4 is 0 Å². The van der Waals surface area contributed by atoms with Gasteiger partial charge in [0.05, 0.1) is 6.54 Å². The Kier molecular flexibility index (Phi) is 2.97. The Balaban J connectivity index is 1.65. The second-order valence-electron chi connectivity index (χ2n) is 6.41. The molecule has 0 aliphatic carbocycles. The molecule has 0 unspecified atom stereocenters. The number of piperidine rings is 1. The largest absolute Gasteiger partial charge is 0.444 e. The zero-order valence-corrected chi connectivity index (χ0v) is 12.1. The Bertz CT molecular complexity index is 512. The van der Waals surface area contributed by atoms with Crippen molar-refractivity contribution in [3.8, 4) is 0 Å². The molecular formula is C15H20N2O3. The monoisotopic (exact) mass is 276 g/mol. The highest BCUT2D eigenvalue weighted by Gasteiger charge is 2.60. The Morgan fingerprint density at radius 1 is 1.45 bits per heavy atom. The molecule has 2 fully saturated rings. The van der Waals surface area contributed by atoms with Crippen molar-refractivity contribution in [2.45, 2.75) is 44.5 Å². The van der Waals surface area contributed by atoms with Gasteiger partial charge in [0.15, 0.2) is 0 Å². The van der Waals surface area contributed by atoms with Crippen molar-refractivity contribution in [1.82, 2.24) is 9.88 Å². The van der Waals surface area contributed by atoms with Gasteiger partial charge in [0.2, 0.25) is 0 Å². The number of aromatic nitrogens is 1. The Hall–Kier alpha value is -1.62. The number of nitrogens with zero attached hydrogens (tertiary/aromatic N) is 2. The fourth-order valence-corrected chi connectivity index (χ4v) is 2.74. The molecule has 3 rings (SSSR count). The number of hydrogen-bond acceptors (Lipinski definition) is 4. The van der Waals surface area contributed by atoms with E-state index in [2.05, 4.69) is 4.98 Å². The van der Waals surface area contributed by atoms with Gasteiger partial charge in [-0.25, -0.2) is 4.79 Å². The number of epoxide rings is 1. The molecule has 5 heteroatoms. The fourth-order valence-electron chi connectivity index (χ4n) is 2.74. The first kappa shape index (κ1) is 13.4. The molecule has 0 N–H and O–H groups in total. The van der Waals surface area contributed by atoms with Gasteiger partial charge in [-0.1, -0.05) is 0 Å². The van der Waals surface area contributed by atoms with Crippen molar-refractivity contribution < 1.29 is 14.3 Å². The van der Waals surface area contributed by atoms with E-state index in [0.29, 0.717) is 13.1 Å². The van der Waals surface area contributed by atoms with Crippen LogP contribution in [0, 0.1) is 0 Å². The van der Waals surface area contributed by atoms with Gasteiger partial charge in [-0.3, -0.25) is 4.98 Å². The lowest BCUT2D eigenvalue weighted by Crippen LogP contribution is -2.44. The molecule has 0 bridgehead atoms. The highest BCUT2D eigenvalue weighted by Crippen LogP contribution is 2.51. The summed E-state index contributed by atoms with van der Waals surface area (Å²) in [5.74, 6) is 0. The number of hydrogen-bond donors (Lipinski definition) is 0. The Morgan fingerprint density at radius 2 is 2.15 bits per heavy atom. The minimum absolute atomic E-state index is 0.0752. The molecule has 1 aromatic rings. The SMILES string of the molecule is CC(C)(C)OC(=O)N1CC[C@]2(c3ccncc3)O[C@H]2C1. The highest BCUT2D eigenvalue weighted by molar-refractivity contribution is 5.68. The van der Waals surface area contributed by atoms with E-state index in [1.54, 1.807) is 17.3 Å². The zero-order valence-electron chi connectivity index (χ0n) is 12.1. The number of carbonyl (C=O) groups is 1. The first-order valence-corrected chi connectivity index (χ1v) is 6.97. The van der Waals surface area contributed by atoms with E-state index >= 15 is 0 Å². The predicted molar refractivity (Wildman–Crippen MR) is 73.2 cm³/mol. The second-order valence-corrected chi connectivity index (χ2v) is 6.41. The van der Waals surface area contributed by atoms with E-state index in [0.717, 1.165) is 12.0 Å². The molecule has 2 saturated heterocycles. The molecule has 2 aliphatic rings. The zero-order chi connectivity index (χ0) is 14.4. The third kappa shape index (κ3) is 2.38. The van der Waals surface area contributed by atoms with Crippen LogP contribution in [0.4, 0.5) is 4.79 Å². The van der Waals surface area contributed by atoms with Crippen LogP contribution in [0.3, 0.4) is 0 Å². The quantitative estimate of drug-likeness (QED) is 0.739. The molecule has 2 atom stereocenters. The van der Waals surface area contributed by atoms with Gasteiger partial charge in [0, 0.05) is 25.4 Å². The van der Waals surface area contributed by atoms with Crippen LogP contribution >= 0.6 is 0 Å². The molecular weight excluding hydrogens is 256 g/mol. The van der Waals surface area contributed by atoms with Crippen LogP contribution in [0.5, 0.6) is 0 Å². The number of likely N-dealkylation sites (tertiary alicyclic amines) is 1. The minimum Gasteiger partial charge on any atom is -0.444 e. The summed E-state index contributed by atoms with van der Waals surface area (Å²) in [6.07, 6.45) is 4.19. The third-order valence-electron chi connectivity index (χ3n) is 3.78. The molecule has 0 saturated carbocycles. The summed E-state index contributed by atoms with van der Waals surface area (Å²) in [5, 5.41) is 0. The summed E-state index contributed by atoms with van der Waals surface area (Å²) >= 11 is 0. The molecule has 0 radical (unpaired) electrons. The van der Waals surface area contributed by atoms with Crippen molar-refractivity contribution in [2.24, 2.45) is 0 Å². The van der Waals surface area contributed by atoms with Crippen LogP contribution in [0.25, 0.3) is 0 Å². The molecule has 0 aromatic carbocycles. The molecule has 1 aromatic heterocycles. The number of ether oxygens (including phenoxy) is 2. The third-order valence-corrected chi connectivity index (χ3v) is 3.78. The maximum atomic E-state index is 12.1. The maximum Gasteiger partial charge on any atom is 0.410 e. The topological polar surface area (TPSA) is 55.0 Å². The second kappa shape index (κ2) is 4.45. The summed E-state index contributed by atoms with van der Waals surface area (Å²) in [6.45, 7) is 6.89. The van der Waals surface area contributed by atoms with Gasteiger partial charge in [-0.2, -0.15) is 0 Å². The number of amides is 1. The van der Waals surface area contributed by atoms with E-state index in [1.165, 1.54) is 0 Å². The average Bonchev–Trinajstić information content (AvgIpc) is 3.12. The van der Waals surface area contributed by atoms with Crippen LogP contribution in [0.1, 0.15) is 32.8 Å². The number of carbonyl (C=O) groups excluding carboxylic acids is 1. The van der Waals surface area contributed by atoms with E-state index in [1.807, 2.05) is 32.9 Å².